The number of anilines is 1. The largest absolute Gasteiger partial charge is 0.356 e. The maximum Gasteiger partial charge on any atom is 0.232 e. The Balaban J connectivity index is 1.45. The van der Waals surface area contributed by atoms with Gasteiger partial charge < -0.3 is 9.84 Å². The first kappa shape index (κ1) is 17.4. The Morgan fingerprint density at radius 1 is 1.15 bits per heavy atom. The first-order chi connectivity index (χ1) is 13.1. The molecule has 0 radical (unpaired) electrons. The predicted octanol–water partition coefficient (Wildman–Crippen LogP) is 5.26. The molecule has 0 aliphatic rings. The summed E-state index contributed by atoms with van der Waals surface area (Å²) in [4.78, 5) is 16.9. The molecule has 0 fully saturated rings. The molecule has 6 heteroatoms. The summed E-state index contributed by atoms with van der Waals surface area (Å²) in [5.74, 6) is 0.335. The first-order valence-electron chi connectivity index (χ1n) is 8.79. The smallest absolute Gasteiger partial charge is 0.232 e. The van der Waals surface area contributed by atoms with E-state index in [-0.39, 0.29) is 12.3 Å². The van der Waals surface area contributed by atoms with Crippen molar-refractivity contribution < 1.29 is 9.32 Å². The van der Waals surface area contributed by atoms with Crippen molar-refractivity contribution in [2.45, 2.75) is 26.2 Å². The molecule has 0 spiro atoms. The van der Waals surface area contributed by atoms with Gasteiger partial charge in [-0.25, -0.2) is 4.98 Å². The van der Waals surface area contributed by atoms with E-state index in [4.69, 9.17) is 4.52 Å². The molecule has 0 aliphatic carbocycles. The van der Waals surface area contributed by atoms with Gasteiger partial charge in [-0.2, -0.15) is 0 Å². The van der Waals surface area contributed by atoms with Crippen LogP contribution in [0.1, 0.15) is 31.0 Å². The van der Waals surface area contributed by atoms with Gasteiger partial charge in [-0.1, -0.05) is 55.4 Å². The molecule has 1 N–H and O–H groups in total. The van der Waals surface area contributed by atoms with Crippen molar-refractivity contribution in [3.8, 4) is 11.3 Å². The molecule has 5 nitrogen and oxygen atoms in total. The molecule has 0 unspecified atom stereocenters. The molecule has 0 saturated carbocycles. The summed E-state index contributed by atoms with van der Waals surface area (Å²) in [6, 6.07) is 15.9. The Kier molecular flexibility index (Phi) is 4.73. The second kappa shape index (κ2) is 7.32. The molecular formula is C21H19N3O2S. The van der Waals surface area contributed by atoms with Crippen molar-refractivity contribution in [2.75, 3.05) is 5.32 Å². The van der Waals surface area contributed by atoms with E-state index < -0.39 is 0 Å². The number of thiazole rings is 1. The quantitative estimate of drug-likeness (QED) is 0.515. The normalized spacial score (nSPS) is 11.2. The fraction of sp³-hybridized carbons (Fsp3) is 0.190. The van der Waals surface area contributed by atoms with E-state index in [1.165, 1.54) is 16.9 Å². The summed E-state index contributed by atoms with van der Waals surface area (Å²) >= 11 is 1.41. The highest BCUT2D eigenvalue weighted by Gasteiger charge is 2.14. The Morgan fingerprint density at radius 2 is 1.93 bits per heavy atom. The van der Waals surface area contributed by atoms with Crippen molar-refractivity contribution >= 4 is 33.3 Å². The van der Waals surface area contributed by atoms with Crippen molar-refractivity contribution in [1.82, 2.24) is 10.1 Å². The zero-order chi connectivity index (χ0) is 18.8. The zero-order valence-corrected chi connectivity index (χ0v) is 15.9. The highest BCUT2D eigenvalue weighted by molar-refractivity contribution is 7.14. The third kappa shape index (κ3) is 3.75. The number of carbonyl (C=O) groups excluding carboxylic acids is 1. The molecule has 2 aromatic heterocycles. The number of benzene rings is 2. The number of carbonyl (C=O) groups is 1. The van der Waals surface area contributed by atoms with E-state index in [2.05, 4.69) is 53.6 Å². The van der Waals surface area contributed by atoms with E-state index in [0.717, 1.165) is 16.6 Å². The van der Waals surface area contributed by atoms with Crippen LogP contribution in [-0.2, 0) is 11.2 Å². The number of nitrogens with one attached hydrogen (secondary N) is 1. The van der Waals surface area contributed by atoms with E-state index in [1.54, 1.807) is 0 Å². The number of para-hydroxylation sites is 1. The third-order valence-corrected chi connectivity index (χ3v) is 5.16. The molecule has 0 bridgehead atoms. The fourth-order valence-corrected chi connectivity index (χ4v) is 3.62. The SMILES string of the molecule is CC(C)c1ccc(-c2csc(NC(=O)Cc3noc4ccccc34)n2)cc1. The van der Waals surface area contributed by atoms with Gasteiger partial charge in [0.2, 0.25) is 5.91 Å². The average molecular weight is 377 g/mol. The van der Waals surface area contributed by atoms with Crippen LogP contribution in [0.3, 0.4) is 0 Å². The number of hydrogen-bond acceptors (Lipinski definition) is 5. The second-order valence-corrected chi connectivity index (χ2v) is 7.52. The third-order valence-electron chi connectivity index (χ3n) is 4.40. The Hall–Kier alpha value is -2.99. The van der Waals surface area contributed by atoms with Gasteiger partial charge in [0.05, 0.1) is 12.1 Å². The molecule has 0 saturated heterocycles. The van der Waals surface area contributed by atoms with Gasteiger partial charge in [-0.3, -0.25) is 4.79 Å². The lowest BCUT2D eigenvalue weighted by atomic mass is 10.0. The average Bonchev–Trinajstić information content (AvgIpc) is 3.29. The summed E-state index contributed by atoms with van der Waals surface area (Å²) in [5, 5.41) is 10.2. The summed E-state index contributed by atoms with van der Waals surface area (Å²) in [6.07, 6.45) is 0.148. The summed E-state index contributed by atoms with van der Waals surface area (Å²) in [6.45, 7) is 4.34. The van der Waals surface area contributed by atoms with Crippen LogP contribution in [0.4, 0.5) is 5.13 Å². The van der Waals surface area contributed by atoms with Crippen LogP contribution in [-0.4, -0.2) is 16.0 Å². The summed E-state index contributed by atoms with van der Waals surface area (Å²) < 4.78 is 5.25. The van der Waals surface area contributed by atoms with E-state index in [1.807, 2.05) is 29.6 Å². The van der Waals surface area contributed by atoms with E-state index >= 15 is 0 Å². The topological polar surface area (TPSA) is 68.0 Å². The number of fused-ring (bicyclic) bond motifs is 1. The Labute approximate surface area is 161 Å². The van der Waals surface area contributed by atoms with Crippen molar-refractivity contribution in [2.24, 2.45) is 0 Å². The minimum absolute atomic E-state index is 0.148. The molecule has 4 rings (SSSR count). The fourth-order valence-electron chi connectivity index (χ4n) is 2.88. The van der Waals surface area contributed by atoms with Gasteiger partial charge in [-0.05, 0) is 23.6 Å². The van der Waals surface area contributed by atoms with Gasteiger partial charge >= 0.3 is 0 Å². The summed E-state index contributed by atoms with van der Waals surface area (Å²) in [7, 11) is 0. The molecule has 2 aromatic carbocycles. The lowest BCUT2D eigenvalue weighted by molar-refractivity contribution is -0.115. The number of rotatable bonds is 5. The van der Waals surface area contributed by atoms with Gasteiger partial charge in [-0.15, -0.1) is 11.3 Å². The molecule has 2 heterocycles. The van der Waals surface area contributed by atoms with Crippen molar-refractivity contribution in [1.29, 1.82) is 0 Å². The van der Waals surface area contributed by atoms with Crippen LogP contribution in [0.5, 0.6) is 0 Å². The van der Waals surface area contributed by atoms with Gasteiger partial charge in [0, 0.05) is 16.3 Å². The minimum atomic E-state index is -0.162. The molecule has 136 valence electrons. The number of hydrogen-bond donors (Lipinski definition) is 1. The molecule has 0 atom stereocenters. The monoisotopic (exact) mass is 377 g/mol. The molecule has 4 aromatic rings. The van der Waals surface area contributed by atoms with Crippen LogP contribution in [0, 0.1) is 0 Å². The highest BCUT2D eigenvalue weighted by Crippen LogP contribution is 2.27. The van der Waals surface area contributed by atoms with Gasteiger partial charge in [0.1, 0.15) is 5.69 Å². The molecular weight excluding hydrogens is 358 g/mol. The zero-order valence-electron chi connectivity index (χ0n) is 15.1. The lowest BCUT2D eigenvalue weighted by Gasteiger charge is -2.05. The molecule has 0 aliphatic heterocycles. The van der Waals surface area contributed by atoms with E-state index in [9.17, 15) is 4.79 Å². The molecule has 1 amide bonds. The predicted molar refractivity (Wildman–Crippen MR) is 108 cm³/mol. The van der Waals surface area contributed by atoms with Gasteiger partial charge in [0.15, 0.2) is 10.7 Å². The Bertz CT molecular complexity index is 1080. The first-order valence-corrected chi connectivity index (χ1v) is 9.67. The standard InChI is InChI=1S/C21H19N3O2S/c1-13(2)14-7-9-15(10-8-14)18-12-27-21(22-18)23-20(25)11-17-16-5-3-4-6-19(16)26-24-17/h3-10,12-13H,11H2,1-2H3,(H,22,23,25). The lowest BCUT2D eigenvalue weighted by Crippen LogP contribution is -2.14. The minimum Gasteiger partial charge on any atom is -0.356 e. The highest BCUT2D eigenvalue weighted by atomic mass is 32.1. The number of aromatic nitrogens is 2. The van der Waals surface area contributed by atoms with E-state index in [0.29, 0.717) is 22.3 Å². The van der Waals surface area contributed by atoms with Crippen molar-refractivity contribution in [3.05, 3.63) is 65.2 Å². The van der Waals surface area contributed by atoms with Crippen LogP contribution >= 0.6 is 11.3 Å². The van der Waals surface area contributed by atoms with Crippen LogP contribution in [0.2, 0.25) is 0 Å². The molecule has 27 heavy (non-hydrogen) atoms. The van der Waals surface area contributed by atoms with Crippen LogP contribution in [0.25, 0.3) is 22.2 Å². The Morgan fingerprint density at radius 3 is 2.70 bits per heavy atom. The van der Waals surface area contributed by atoms with Crippen LogP contribution < -0.4 is 5.32 Å². The second-order valence-electron chi connectivity index (χ2n) is 6.66. The van der Waals surface area contributed by atoms with Crippen LogP contribution in [0.15, 0.2) is 58.4 Å². The maximum absolute atomic E-state index is 12.4. The number of nitrogens with zero attached hydrogens (tertiary/aromatic N) is 2. The maximum atomic E-state index is 12.4. The van der Waals surface area contributed by atoms with Crippen molar-refractivity contribution in [3.63, 3.8) is 0 Å². The number of amides is 1. The summed E-state index contributed by atoms with van der Waals surface area (Å²) in [5.41, 5.74) is 4.50. The van der Waals surface area contributed by atoms with Gasteiger partial charge in [0.25, 0.3) is 0 Å².